The zero-order valence-corrected chi connectivity index (χ0v) is 17.1. The predicted octanol–water partition coefficient (Wildman–Crippen LogP) is 2.90. The lowest BCUT2D eigenvalue weighted by atomic mass is 10.2. The minimum absolute atomic E-state index is 0.0130. The number of hydrogen-bond acceptors (Lipinski definition) is 5. The fourth-order valence-electron chi connectivity index (χ4n) is 3.01. The molecular formula is C19H24ClN3O3S. The molecule has 6 nitrogen and oxygen atoms in total. The molecule has 1 heterocycles. The Morgan fingerprint density at radius 3 is 2.37 bits per heavy atom. The molecule has 0 bridgehead atoms. The number of nitrogens with zero attached hydrogens (tertiary/aromatic N) is 2. The van der Waals surface area contributed by atoms with Crippen molar-refractivity contribution >= 4 is 27.3 Å². The molecule has 27 heavy (non-hydrogen) atoms. The third kappa shape index (κ3) is 5.13. The minimum atomic E-state index is -3.80. The monoisotopic (exact) mass is 409 g/mol. The highest BCUT2D eigenvalue weighted by molar-refractivity contribution is 7.92. The second kappa shape index (κ2) is 8.48. The number of anilines is 1. The van der Waals surface area contributed by atoms with E-state index in [9.17, 15) is 8.42 Å². The van der Waals surface area contributed by atoms with Crippen molar-refractivity contribution in [2.24, 2.45) is 0 Å². The minimum Gasteiger partial charge on any atom is -0.495 e. The van der Waals surface area contributed by atoms with Gasteiger partial charge in [0.05, 0.1) is 7.11 Å². The number of methoxy groups -OCH3 is 1. The average molecular weight is 410 g/mol. The molecule has 0 amide bonds. The number of sulfonamides is 1. The smallest absolute Gasteiger partial charge is 0.265 e. The Hall–Kier alpha value is -1.80. The van der Waals surface area contributed by atoms with Gasteiger partial charge in [0, 0.05) is 43.4 Å². The van der Waals surface area contributed by atoms with Gasteiger partial charge in [0.15, 0.2) is 0 Å². The number of nitrogens with one attached hydrogen (secondary N) is 1. The highest BCUT2D eigenvalue weighted by atomic mass is 35.5. The van der Waals surface area contributed by atoms with Gasteiger partial charge < -0.3 is 9.64 Å². The topological polar surface area (TPSA) is 61.9 Å². The van der Waals surface area contributed by atoms with Crippen molar-refractivity contribution in [1.82, 2.24) is 9.80 Å². The van der Waals surface area contributed by atoms with Crippen LogP contribution in [0.2, 0.25) is 5.02 Å². The number of likely N-dealkylation sites (N-methyl/N-ethyl adjacent to an activating group) is 1. The molecule has 2 aromatic carbocycles. The number of halogens is 1. The first kappa shape index (κ1) is 19.9. The summed E-state index contributed by atoms with van der Waals surface area (Å²) in [6, 6.07) is 12.0. The summed E-state index contributed by atoms with van der Waals surface area (Å²) < 4.78 is 33.1. The lowest BCUT2D eigenvalue weighted by Gasteiger charge is -2.32. The van der Waals surface area contributed by atoms with Crippen LogP contribution in [0.15, 0.2) is 47.4 Å². The molecule has 1 aliphatic rings. The summed E-state index contributed by atoms with van der Waals surface area (Å²) in [5.74, 6) is 0.249. The Balaban J connectivity index is 1.70. The highest BCUT2D eigenvalue weighted by Crippen LogP contribution is 2.28. The van der Waals surface area contributed by atoms with Crippen molar-refractivity contribution in [3.63, 3.8) is 0 Å². The van der Waals surface area contributed by atoms with Crippen LogP contribution in [0, 0.1) is 0 Å². The first-order chi connectivity index (χ1) is 12.9. The van der Waals surface area contributed by atoms with Gasteiger partial charge in [0.1, 0.15) is 10.6 Å². The maximum Gasteiger partial charge on any atom is 0.265 e. The van der Waals surface area contributed by atoms with E-state index in [0.29, 0.717) is 10.7 Å². The number of rotatable bonds is 6. The molecule has 0 unspecified atom stereocenters. The van der Waals surface area contributed by atoms with Gasteiger partial charge in [-0.05, 0) is 42.9 Å². The van der Waals surface area contributed by atoms with E-state index in [1.807, 2.05) is 12.1 Å². The zero-order valence-electron chi connectivity index (χ0n) is 15.5. The molecule has 3 rings (SSSR count). The fraction of sp³-hybridized carbons (Fsp3) is 0.368. The molecule has 1 N–H and O–H groups in total. The van der Waals surface area contributed by atoms with E-state index in [0.717, 1.165) is 38.3 Å². The van der Waals surface area contributed by atoms with Gasteiger partial charge in [-0.1, -0.05) is 23.7 Å². The second-order valence-electron chi connectivity index (χ2n) is 6.68. The van der Waals surface area contributed by atoms with Crippen LogP contribution in [0.5, 0.6) is 5.75 Å². The molecule has 2 aromatic rings. The molecular weight excluding hydrogens is 386 g/mol. The van der Waals surface area contributed by atoms with Crippen molar-refractivity contribution < 1.29 is 13.2 Å². The van der Waals surface area contributed by atoms with Crippen LogP contribution in [0.1, 0.15) is 5.56 Å². The fourth-order valence-corrected chi connectivity index (χ4v) is 4.50. The number of ether oxygens (including phenoxy) is 1. The molecule has 0 atom stereocenters. The van der Waals surface area contributed by atoms with E-state index in [2.05, 4.69) is 21.6 Å². The SMILES string of the molecule is COc1ccc(Cl)cc1S(=O)(=O)Nc1ccc(CN2CCN(C)CC2)cc1. The lowest BCUT2D eigenvalue weighted by molar-refractivity contribution is 0.148. The van der Waals surface area contributed by atoms with Crippen LogP contribution in [-0.2, 0) is 16.6 Å². The highest BCUT2D eigenvalue weighted by Gasteiger charge is 2.20. The van der Waals surface area contributed by atoms with Crippen molar-refractivity contribution in [2.75, 3.05) is 45.1 Å². The van der Waals surface area contributed by atoms with Crippen LogP contribution in [0.4, 0.5) is 5.69 Å². The molecule has 0 aliphatic carbocycles. The summed E-state index contributed by atoms with van der Waals surface area (Å²) >= 11 is 5.95. The van der Waals surface area contributed by atoms with Crippen molar-refractivity contribution in [3.05, 3.63) is 53.1 Å². The third-order valence-corrected chi connectivity index (χ3v) is 6.26. The van der Waals surface area contributed by atoms with Gasteiger partial charge in [-0.3, -0.25) is 9.62 Å². The Morgan fingerprint density at radius 1 is 1.07 bits per heavy atom. The van der Waals surface area contributed by atoms with Gasteiger partial charge in [-0.25, -0.2) is 8.42 Å². The van der Waals surface area contributed by atoms with Gasteiger partial charge in [0.25, 0.3) is 10.0 Å². The summed E-state index contributed by atoms with van der Waals surface area (Å²) in [6.07, 6.45) is 0. The third-order valence-electron chi connectivity index (χ3n) is 4.62. The molecule has 0 spiro atoms. The Morgan fingerprint density at radius 2 is 1.74 bits per heavy atom. The van der Waals surface area contributed by atoms with Crippen LogP contribution >= 0.6 is 11.6 Å². The molecule has 1 fully saturated rings. The Bertz CT molecular complexity index is 880. The summed E-state index contributed by atoms with van der Waals surface area (Å²) in [5.41, 5.74) is 1.65. The number of hydrogen-bond donors (Lipinski definition) is 1. The van der Waals surface area contributed by atoms with Crippen LogP contribution in [0.3, 0.4) is 0 Å². The summed E-state index contributed by atoms with van der Waals surface area (Å²) in [5, 5.41) is 0.332. The molecule has 8 heteroatoms. The molecule has 146 valence electrons. The zero-order chi connectivity index (χ0) is 19.4. The molecule has 0 radical (unpaired) electrons. The van der Waals surface area contributed by atoms with Gasteiger partial charge in [-0.2, -0.15) is 0 Å². The Kier molecular flexibility index (Phi) is 6.26. The first-order valence-electron chi connectivity index (χ1n) is 8.73. The quantitative estimate of drug-likeness (QED) is 0.794. The van der Waals surface area contributed by atoms with Crippen LogP contribution in [0.25, 0.3) is 0 Å². The van der Waals surface area contributed by atoms with E-state index in [1.54, 1.807) is 18.2 Å². The van der Waals surface area contributed by atoms with Crippen molar-refractivity contribution in [2.45, 2.75) is 11.4 Å². The second-order valence-corrected chi connectivity index (χ2v) is 8.76. The maximum absolute atomic E-state index is 12.7. The summed E-state index contributed by atoms with van der Waals surface area (Å²) in [4.78, 5) is 4.73. The van der Waals surface area contributed by atoms with E-state index < -0.39 is 10.0 Å². The van der Waals surface area contributed by atoms with Gasteiger partial charge in [-0.15, -0.1) is 0 Å². The van der Waals surface area contributed by atoms with E-state index in [4.69, 9.17) is 16.3 Å². The van der Waals surface area contributed by atoms with E-state index in [-0.39, 0.29) is 10.6 Å². The summed E-state index contributed by atoms with van der Waals surface area (Å²) in [7, 11) is -0.242. The lowest BCUT2D eigenvalue weighted by Crippen LogP contribution is -2.43. The molecule has 0 saturated carbocycles. The molecule has 0 aromatic heterocycles. The number of benzene rings is 2. The first-order valence-corrected chi connectivity index (χ1v) is 10.6. The normalized spacial score (nSPS) is 16.3. The van der Waals surface area contributed by atoms with Gasteiger partial charge in [0.2, 0.25) is 0 Å². The largest absolute Gasteiger partial charge is 0.495 e. The average Bonchev–Trinajstić information content (AvgIpc) is 2.65. The maximum atomic E-state index is 12.7. The van der Waals surface area contributed by atoms with Crippen molar-refractivity contribution in [3.8, 4) is 5.75 Å². The van der Waals surface area contributed by atoms with Crippen molar-refractivity contribution in [1.29, 1.82) is 0 Å². The predicted molar refractivity (Wildman–Crippen MR) is 108 cm³/mol. The van der Waals surface area contributed by atoms with Crippen LogP contribution < -0.4 is 9.46 Å². The standard InChI is InChI=1S/C19H24ClN3O3S/c1-22-9-11-23(12-10-22)14-15-3-6-17(7-4-15)21-27(24,25)19-13-16(20)5-8-18(19)26-2/h3-8,13,21H,9-12,14H2,1-2H3. The van der Waals surface area contributed by atoms with Crippen LogP contribution in [-0.4, -0.2) is 58.6 Å². The summed E-state index contributed by atoms with van der Waals surface area (Å²) in [6.45, 7) is 5.08. The number of piperazine rings is 1. The Labute approximate surface area is 165 Å². The molecule has 1 aliphatic heterocycles. The van der Waals surface area contributed by atoms with E-state index >= 15 is 0 Å². The van der Waals surface area contributed by atoms with E-state index in [1.165, 1.54) is 19.2 Å². The van der Waals surface area contributed by atoms with Gasteiger partial charge >= 0.3 is 0 Å². The molecule has 1 saturated heterocycles.